The molecule has 0 aliphatic rings. The SMILES string of the molecule is CC(=O)N[C@@H](Cc1ccc(F)cc1)C(=O)N[C@H](Cc1cccc2ccccc12)C(=O)O. The van der Waals surface area contributed by atoms with Gasteiger partial charge in [-0.2, -0.15) is 0 Å². The summed E-state index contributed by atoms with van der Waals surface area (Å²) < 4.78 is 13.2. The minimum absolute atomic E-state index is 0.0891. The van der Waals surface area contributed by atoms with Crippen molar-refractivity contribution >= 4 is 28.6 Å². The number of hydrogen-bond donors (Lipinski definition) is 3. The molecule has 0 aliphatic heterocycles. The van der Waals surface area contributed by atoms with Gasteiger partial charge < -0.3 is 15.7 Å². The molecule has 0 bridgehead atoms. The number of fused-ring (bicyclic) bond motifs is 1. The van der Waals surface area contributed by atoms with E-state index < -0.39 is 35.7 Å². The Balaban J connectivity index is 1.78. The van der Waals surface area contributed by atoms with Gasteiger partial charge in [0.15, 0.2) is 0 Å². The Morgan fingerprint density at radius 1 is 0.871 bits per heavy atom. The number of benzene rings is 3. The van der Waals surface area contributed by atoms with E-state index in [2.05, 4.69) is 10.6 Å². The first-order valence-electron chi connectivity index (χ1n) is 9.85. The van der Waals surface area contributed by atoms with E-state index in [0.29, 0.717) is 5.56 Å². The van der Waals surface area contributed by atoms with Gasteiger partial charge in [0.05, 0.1) is 0 Å². The van der Waals surface area contributed by atoms with Gasteiger partial charge in [0.2, 0.25) is 11.8 Å². The quantitative estimate of drug-likeness (QED) is 0.520. The van der Waals surface area contributed by atoms with Crippen LogP contribution in [0.2, 0.25) is 0 Å². The number of carboxylic acids is 1. The molecule has 0 heterocycles. The molecule has 2 atom stereocenters. The minimum Gasteiger partial charge on any atom is -0.480 e. The van der Waals surface area contributed by atoms with Gasteiger partial charge in [-0.25, -0.2) is 9.18 Å². The molecule has 0 unspecified atom stereocenters. The third-order valence-corrected chi connectivity index (χ3v) is 4.97. The van der Waals surface area contributed by atoms with Crippen LogP contribution in [0.3, 0.4) is 0 Å². The van der Waals surface area contributed by atoms with Crippen LogP contribution < -0.4 is 10.6 Å². The van der Waals surface area contributed by atoms with Gasteiger partial charge in [-0.1, -0.05) is 54.6 Å². The van der Waals surface area contributed by atoms with Gasteiger partial charge in [-0.05, 0) is 34.0 Å². The topological polar surface area (TPSA) is 95.5 Å². The Morgan fingerprint density at radius 3 is 2.23 bits per heavy atom. The molecular formula is C24H23FN2O4. The van der Waals surface area contributed by atoms with E-state index in [0.717, 1.165) is 16.3 Å². The third-order valence-electron chi connectivity index (χ3n) is 4.97. The summed E-state index contributed by atoms with van der Waals surface area (Å²) in [4.78, 5) is 36.3. The second-order valence-corrected chi connectivity index (χ2v) is 7.33. The third kappa shape index (κ3) is 5.88. The van der Waals surface area contributed by atoms with Gasteiger partial charge in [-0.3, -0.25) is 9.59 Å². The molecule has 0 radical (unpaired) electrons. The van der Waals surface area contributed by atoms with E-state index in [1.165, 1.54) is 31.2 Å². The lowest BCUT2D eigenvalue weighted by atomic mass is 9.98. The Morgan fingerprint density at radius 2 is 1.55 bits per heavy atom. The molecule has 3 N–H and O–H groups in total. The standard InChI is InChI=1S/C24H23FN2O4/c1-15(28)26-21(13-16-9-11-19(25)12-10-16)23(29)27-22(24(30)31)14-18-7-4-6-17-5-2-3-8-20(17)18/h2-12,21-22H,13-14H2,1H3,(H,26,28)(H,27,29)(H,30,31)/t21-,22+/m0/s1. The fourth-order valence-corrected chi connectivity index (χ4v) is 3.47. The number of aliphatic carboxylic acids is 1. The normalized spacial score (nSPS) is 12.7. The maximum absolute atomic E-state index is 13.2. The van der Waals surface area contributed by atoms with Crippen molar-refractivity contribution in [2.75, 3.05) is 0 Å². The summed E-state index contributed by atoms with van der Waals surface area (Å²) in [5.41, 5.74) is 1.43. The van der Waals surface area contributed by atoms with Crippen molar-refractivity contribution in [3.63, 3.8) is 0 Å². The van der Waals surface area contributed by atoms with E-state index >= 15 is 0 Å². The Kier molecular flexibility index (Phi) is 6.97. The van der Waals surface area contributed by atoms with Crippen LogP contribution in [0, 0.1) is 5.82 Å². The van der Waals surface area contributed by atoms with Crippen LogP contribution in [0.15, 0.2) is 66.7 Å². The van der Waals surface area contributed by atoms with Crippen LogP contribution in [-0.4, -0.2) is 35.0 Å². The van der Waals surface area contributed by atoms with Gasteiger partial charge >= 0.3 is 5.97 Å². The monoisotopic (exact) mass is 422 g/mol. The van der Waals surface area contributed by atoms with E-state index in [4.69, 9.17) is 0 Å². The molecule has 0 aliphatic carbocycles. The molecule has 31 heavy (non-hydrogen) atoms. The van der Waals surface area contributed by atoms with Crippen LogP contribution in [0.25, 0.3) is 10.8 Å². The zero-order valence-electron chi connectivity index (χ0n) is 17.0. The van der Waals surface area contributed by atoms with Crippen molar-refractivity contribution in [3.8, 4) is 0 Å². The summed E-state index contributed by atoms with van der Waals surface area (Å²) in [6, 6.07) is 16.6. The first kappa shape index (κ1) is 22.0. The minimum atomic E-state index is -1.18. The first-order valence-corrected chi connectivity index (χ1v) is 9.85. The van der Waals surface area contributed by atoms with Crippen molar-refractivity contribution in [1.82, 2.24) is 10.6 Å². The predicted molar refractivity (Wildman–Crippen MR) is 115 cm³/mol. The average Bonchev–Trinajstić information content (AvgIpc) is 2.74. The number of carboxylic acid groups (broad SMARTS) is 1. The second-order valence-electron chi connectivity index (χ2n) is 7.33. The van der Waals surface area contributed by atoms with Crippen LogP contribution in [0.1, 0.15) is 18.1 Å². The van der Waals surface area contributed by atoms with Crippen molar-refractivity contribution in [2.45, 2.75) is 31.8 Å². The molecule has 6 nitrogen and oxygen atoms in total. The Labute approximate surface area is 179 Å². The fraction of sp³-hybridized carbons (Fsp3) is 0.208. The molecule has 0 aromatic heterocycles. The summed E-state index contributed by atoms with van der Waals surface area (Å²) in [5.74, 6) is -2.63. The van der Waals surface area contributed by atoms with E-state index in [1.807, 2.05) is 42.5 Å². The van der Waals surface area contributed by atoms with Gasteiger partial charge in [-0.15, -0.1) is 0 Å². The molecule has 3 aromatic carbocycles. The Hall–Kier alpha value is -3.74. The highest BCUT2D eigenvalue weighted by Gasteiger charge is 2.27. The first-order chi connectivity index (χ1) is 14.8. The maximum atomic E-state index is 13.2. The second kappa shape index (κ2) is 9.84. The molecule has 3 rings (SSSR count). The fourth-order valence-electron chi connectivity index (χ4n) is 3.47. The zero-order valence-corrected chi connectivity index (χ0v) is 17.0. The number of halogens is 1. The smallest absolute Gasteiger partial charge is 0.326 e. The molecule has 3 aromatic rings. The predicted octanol–water partition coefficient (Wildman–Crippen LogP) is 2.84. The number of rotatable bonds is 8. The molecule has 0 spiro atoms. The highest BCUT2D eigenvalue weighted by molar-refractivity contribution is 5.91. The van der Waals surface area contributed by atoms with Crippen LogP contribution in [-0.2, 0) is 27.2 Å². The molecular weight excluding hydrogens is 399 g/mol. The summed E-state index contributed by atoms with van der Waals surface area (Å²) in [5, 5.41) is 16.7. The van der Waals surface area contributed by atoms with Crippen LogP contribution in [0.5, 0.6) is 0 Å². The lowest BCUT2D eigenvalue weighted by molar-refractivity contribution is -0.142. The maximum Gasteiger partial charge on any atom is 0.326 e. The largest absolute Gasteiger partial charge is 0.480 e. The number of amides is 2. The molecule has 0 saturated carbocycles. The molecule has 7 heteroatoms. The molecule has 160 valence electrons. The van der Waals surface area contributed by atoms with Gasteiger partial charge in [0.1, 0.15) is 17.9 Å². The number of nitrogens with one attached hydrogen (secondary N) is 2. The lowest BCUT2D eigenvalue weighted by Gasteiger charge is -2.21. The van der Waals surface area contributed by atoms with Crippen LogP contribution >= 0.6 is 0 Å². The summed E-state index contributed by atoms with van der Waals surface area (Å²) in [7, 11) is 0. The van der Waals surface area contributed by atoms with Crippen molar-refractivity contribution in [2.24, 2.45) is 0 Å². The molecule has 0 saturated heterocycles. The molecule has 2 amide bonds. The van der Waals surface area contributed by atoms with Gasteiger partial charge in [0, 0.05) is 19.8 Å². The van der Waals surface area contributed by atoms with E-state index in [9.17, 15) is 23.9 Å². The van der Waals surface area contributed by atoms with E-state index in [1.54, 1.807) is 0 Å². The zero-order chi connectivity index (χ0) is 22.4. The highest BCUT2D eigenvalue weighted by atomic mass is 19.1. The molecule has 0 fully saturated rings. The average molecular weight is 422 g/mol. The van der Waals surface area contributed by atoms with E-state index in [-0.39, 0.29) is 12.8 Å². The van der Waals surface area contributed by atoms with Crippen LogP contribution in [0.4, 0.5) is 4.39 Å². The lowest BCUT2D eigenvalue weighted by Crippen LogP contribution is -2.52. The Bertz CT molecular complexity index is 1090. The summed E-state index contributed by atoms with van der Waals surface area (Å²) >= 11 is 0. The summed E-state index contributed by atoms with van der Waals surface area (Å²) in [6.07, 6.45) is 0.193. The van der Waals surface area contributed by atoms with Gasteiger partial charge in [0.25, 0.3) is 0 Å². The number of hydrogen-bond acceptors (Lipinski definition) is 3. The van der Waals surface area contributed by atoms with Crippen molar-refractivity contribution in [1.29, 1.82) is 0 Å². The number of carbonyl (C=O) groups excluding carboxylic acids is 2. The number of carbonyl (C=O) groups is 3. The van der Waals surface area contributed by atoms with Crippen molar-refractivity contribution < 1.29 is 23.9 Å². The summed E-state index contributed by atoms with van der Waals surface area (Å²) in [6.45, 7) is 1.27. The van der Waals surface area contributed by atoms with Crippen molar-refractivity contribution in [3.05, 3.63) is 83.7 Å². The highest BCUT2D eigenvalue weighted by Crippen LogP contribution is 2.20.